The van der Waals surface area contributed by atoms with Gasteiger partial charge in [0.1, 0.15) is 4.90 Å². The van der Waals surface area contributed by atoms with Gasteiger partial charge < -0.3 is 4.74 Å². The topological polar surface area (TPSA) is 83.5 Å². The fraction of sp³-hybridized carbons (Fsp3) is 0.368. The third kappa shape index (κ3) is 4.58. The highest BCUT2D eigenvalue weighted by atomic mass is 32.2. The number of benzene rings is 1. The van der Waals surface area contributed by atoms with Crippen molar-refractivity contribution < 1.29 is 17.9 Å². The van der Waals surface area contributed by atoms with E-state index in [0.29, 0.717) is 40.3 Å². The van der Waals surface area contributed by atoms with Crippen molar-refractivity contribution in [1.82, 2.24) is 9.78 Å². The van der Waals surface area contributed by atoms with Crippen LogP contribution in [0, 0.1) is 17.2 Å². The maximum absolute atomic E-state index is 12.9. The number of thioether (sulfide) groups is 2. The van der Waals surface area contributed by atoms with Gasteiger partial charge in [0.2, 0.25) is 0 Å². The highest BCUT2D eigenvalue weighted by molar-refractivity contribution is 8.38. The summed E-state index contributed by atoms with van der Waals surface area (Å²) in [6, 6.07) is 4.94. The van der Waals surface area contributed by atoms with Gasteiger partial charge in [-0.15, -0.1) is 0 Å². The lowest BCUT2D eigenvalue weighted by Gasteiger charge is -2.27. The molecule has 162 valence electrons. The highest BCUT2D eigenvalue weighted by Gasteiger charge is 2.31. The fourth-order valence-electron chi connectivity index (χ4n) is 3.02. The monoisotopic (exact) mass is 467 g/mol. The molecule has 0 saturated carbocycles. The Balaban J connectivity index is 1.51. The van der Waals surface area contributed by atoms with E-state index in [-0.39, 0.29) is 22.8 Å². The molecule has 0 atom stereocenters. The van der Waals surface area contributed by atoms with Gasteiger partial charge in [-0.1, -0.05) is 29.6 Å². The maximum atomic E-state index is 12.9. The first-order valence-corrected chi connectivity index (χ1v) is 11.0. The maximum Gasteiger partial charge on any atom is 0.416 e. The predicted octanol–water partition coefficient (Wildman–Crippen LogP) is 3.53. The number of nitrogens with zero attached hydrogens (tertiary/aromatic N) is 5. The summed E-state index contributed by atoms with van der Waals surface area (Å²) in [4.78, 5) is 13.4. The van der Waals surface area contributed by atoms with Crippen LogP contribution in [0.3, 0.4) is 0 Å². The first-order chi connectivity index (χ1) is 14.8. The van der Waals surface area contributed by atoms with Crippen molar-refractivity contribution in [3.8, 4) is 6.07 Å². The molecule has 4 rings (SSSR count). The van der Waals surface area contributed by atoms with E-state index >= 15 is 0 Å². The van der Waals surface area contributed by atoms with Gasteiger partial charge in [-0.05, 0) is 17.7 Å². The molecule has 0 bridgehead atoms. The Morgan fingerprint density at radius 3 is 2.81 bits per heavy atom. The molecule has 2 aliphatic rings. The number of fused-ring (bicyclic) bond motifs is 1. The van der Waals surface area contributed by atoms with Crippen LogP contribution >= 0.6 is 23.5 Å². The second kappa shape index (κ2) is 8.57. The standard InChI is InChI=1S/C19H16F3N5O2S2/c1-26-15-6-24-27(7-11-8-29-9-11)17(28)16(15)31-18(25-26)30-10-12-2-3-14(19(20,21)22)4-13(12)5-23/h2-4,6,11H,7-10H2,1H3. The van der Waals surface area contributed by atoms with E-state index in [2.05, 4.69) is 10.2 Å². The molecule has 7 nitrogen and oxygen atoms in total. The Labute approximate surface area is 183 Å². The Morgan fingerprint density at radius 2 is 2.16 bits per heavy atom. The molecule has 1 aromatic carbocycles. The Hall–Kier alpha value is -2.49. The highest BCUT2D eigenvalue weighted by Crippen LogP contribution is 2.37. The Kier molecular flexibility index (Phi) is 6.00. The number of hydrogen-bond acceptors (Lipinski definition) is 8. The summed E-state index contributed by atoms with van der Waals surface area (Å²) in [5.74, 6) is 0.510. The zero-order valence-electron chi connectivity index (χ0n) is 16.2. The molecular formula is C19H16F3N5O2S2. The molecule has 0 spiro atoms. The second-order valence-electron chi connectivity index (χ2n) is 7.01. The van der Waals surface area contributed by atoms with Crippen molar-refractivity contribution in [2.75, 3.05) is 25.3 Å². The minimum absolute atomic E-state index is 0.0354. The first-order valence-electron chi connectivity index (χ1n) is 9.17. The van der Waals surface area contributed by atoms with Gasteiger partial charge in [0.15, 0.2) is 4.38 Å². The van der Waals surface area contributed by atoms with Gasteiger partial charge in [0, 0.05) is 18.7 Å². The van der Waals surface area contributed by atoms with E-state index in [9.17, 15) is 23.2 Å². The second-order valence-corrected chi connectivity index (χ2v) is 9.23. The summed E-state index contributed by atoms with van der Waals surface area (Å²) in [5, 5.41) is 19.4. The van der Waals surface area contributed by atoms with Crippen molar-refractivity contribution in [3.05, 3.63) is 51.4 Å². The molecule has 0 amide bonds. The SMILES string of the molecule is CN1N=C(SCc2ccc(C(F)(F)F)cc2C#N)Sc2c1cnn(CC1COC1)c2=O. The molecule has 0 N–H and O–H groups in total. The van der Waals surface area contributed by atoms with E-state index in [1.807, 2.05) is 6.07 Å². The van der Waals surface area contributed by atoms with Crippen molar-refractivity contribution >= 4 is 33.6 Å². The Bertz CT molecular complexity index is 1140. The van der Waals surface area contributed by atoms with Crippen LogP contribution in [0.5, 0.6) is 0 Å². The van der Waals surface area contributed by atoms with Crippen LogP contribution in [0.25, 0.3) is 0 Å². The summed E-state index contributed by atoms with van der Waals surface area (Å²) in [6.45, 7) is 1.69. The van der Waals surface area contributed by atoms with Crippen LogP contribution in [0.4, 0.5) is 18.9 Å². The molecule has 2 aromatic rings. The lowest BCUT2D eigenvalue weighted by molar-refractivity contribution is -0.137. The van der Waals surface area contributed by atoms with Gasteiger partial charge in [-0.25, -0.2) is 4.68 Å². The van der Waals surface area contributed by atoms with Crippen molar-refractivity contribution in [3.63, 3.8) is 0 Å². The van der Waals surface area contributed by atoms with Crippen LogP contribution in [-0.4, -0.2) is 34.4 Å². The molecule has 0 unspecified atom stereocenters. The minimum atomic E-state index is -4.51. The van der Waals surface area contributed by atoms with E-state index in [0.717, 1.165) is 12.1 Å². The van der Waals surface area contributed by atoms with Crippen LogP contribution in [0.15, 0.2) is 39.2 Å². The van der Waals surface area contributed by atoms with Crippen LogP contribution in [0.2, 0.25) is 0 Å². The van der Waals surface area contributed by atoms with Crippen molar-refractivity contribution in [1.29, 1.82) is 5.26 Å². The summed E-state index contributed by atoms with van der Waals surface area (Å²) in [7, 11) is 1.70. The molecule has 1 saturated heterocycles. The fourth-order valence-corrected chi connectivity index (χ4v) is 5.21. The van der Waals surface area contributed by atoms with Crippen molar-refractivity contribution in [2.24, 2.45) is 11.0 Å². The summed E-state index contributed by atoms with van der Waals surface area (Å²) in [6.07, 6.45) is -2.91. The zero-order valence-corrected chi connectivity index (χ0v) is 17.9. The summed E-state index contributed by atoms with van der Waals surface area (Å²) in [5.41, 5.74) is -0.0592. The molecule has 2 aliphatic heterocycles. The Morgan fingerprint density at radius 1 is 1.39 bits per heavy atom. The average molecular weight is 467 g/mol. The molecule has 0 aliphatic carbocycles. The van der Waals surface area contributed by atoms with E-state index in [4.69, 9.17) is 4.74 Å². The molecular weight excluding hydrogens is 451 g/mol. The average Bonchev–Trinajstić information content (AvgIpc) is 2.70. The minimum Gasteiger partial charge on any atom is -0.381 e. The van der Waals surface area contributed by atoms with Gasteiger partial charge in [-0.2, -0.15) is 28.6 Å². The van der Waals surface area contributed by atoms with Gasteiger partial charge >= 0.3 is 6.18 Å². The van der Waals surface area contributed by atoms with Crippen LogP contribution in [-0.2, 0) is 23.2 Å². The lowest BCUT2D eigenvalue weighted by atomic mass is 10.1. The smallest absolute Gasteiger partial charge is 0.381 e. The van der Waals surface area contributed by atoms with Crippen LogP contribution in [0.1, 0.15) is 16.7 Å². The number of halogens is 3. The van der Waals surface area contributed by atoms with Gasteiger partial charge in [0.25, 0.3) is 5.56 Å². The van der Waals surface area contributed by atoms with E-state index < -0.39 is 11.7 Å². The number of ether oxygens (including phenoxy) is 1. The molecule has 3 heterocycles. The number of anilines is 1. The molecule has 31 heavy (non-hydrogen) atoms. The number of nitriles is 1. The number of hydrazone groups is 1. The number of aromatic nitrogens is 2. The number of rotatable bonds is 4. The molecule has 1 fully saturated rings. The molecule has 1 aromatic heterocycles. The number of alkyl halides is 3. The third-order valence-corrected chi connectivity index (χ3v) is 7.03. The van der Waals surface area contributed by atoms with E-state index in [1.165, 1.54) is 34.3 Å². The quantitative estimate of drug-likeness (QED) is 0.680. The molecule has 12 heteroatoms. The molecule has 0 radical (unpaired) electrons. The number of hydrogen-bond donors (Lipinski definition) is 0. The largest absolute Gasteiger partial charge is 0.416 e. The van der Waals surface area contributed by atoms with E-state index in [1.54, 1.807) is 18.3 Å². The van der Waals surface area contributed by atoms with Crippen LogP contribution < -0.4 is 10.6 Å². The zero-order chi connectivity index (χ0) is 22.2. The summed E-state index contributed by atoms with van der Waals surface area (Å²) < 4.78 is 45.8. The first kappa shape index (κ1) is 21.7. The van der Waals surface area contributed by atoms with Gasteiger partial charge in [0.05, 0.1) is 48.8 Å². The normalized spacial score (nSPS) is 16.4. The van der Waals surface area contributed by atoms with Gasteiger partial charge in [-0.3, -0.25) is 9.80 Å². The third-order valence-electron chi connectivity index (χ3n) is 4.80. The van der Waals surface area contributed by atoms with Crippen molar-refractivity contribution in [2.45, 2.75) is 23.4 Å². The summed E-state index contributed by atoms with van der Waals surface area (Å²) >= 11 is 2.45. The predicted molar refractivity (Wildman–Crippen MR) is 112 cm³/mol. The lowest BCUT2D eigenvalue weighted by Crippen LogP contribution is -2.37.